The third-order valence-electron chi connectivity index (χ3n) is 6.28. The molecule has 7 nitrogen and oxygen atoms in total. The van der Waals surface area contributed by atoms with Crippen molar-refractivity contribution in [3.8, 4) is 34.5 Å². The number of anilines is 1. The fourth-order valence-electron chi connectivity index (χ4n) is 4.78. The highest BCUT2D eigenvalue weighted by Gasteiger charge is 2.58. The molecule has 3 aromatic rings. The normalized spacial score (nSPS) is 20.1. The highest BCUT2D eigenvalue weighted by atomic mass is 16.6. The van der Waals surface area contributed by atoms with E-state index in [4.69, 9.17) is 23.7 Å². The Balaban J connectivity index is 1.53. The first-order valence-corrected chi connectivity index (χ1v) is 10.4. The molecule has 6 rings (SSSR count). The van der Waals surface area contributed by atoms with E-state index < -0.39 is 5.41 Å². The van der Waals surface area contributed by atoms with Gasteiger partial charge < -0.3 is 28.6 Å². The first-order chi connectivity index (χ1) is 15.6. The Morgan fingerprint density at radius 2 is 1.66 bits per heavy atom. The van der Waals surface area contributed by atoms with Crippen molar-refractivity contribution in [3.05, 3.63) is 65.7 Å². The summed E-state index contributed by atoms with van der Waals surface area (Å²) in [5.41, 5.74) is 1.32. The van der Waals surface area contributed by atoms with Crippen LogP contribution in [0.4, 0.5) is 5.69 Å². The van der Waals surface area contributed by atoms with Gasteiger partial charge in [0.15, 0.2) is 11.5 Å². The SMILES string of the molecule is COc1cccc(Oc2cccc3c2C2(COc4cc5c(cc42)OCCO5)C(=O)N3C)c1. The predicted molar refractivity (Wildman–Crippen MR) is 117 cm³/mol. The molecular weight excluding hydrogens is 410 g/mol. The molecule has 0 aliphatic carbocycles. The fraction of sp³-hybridized carbons (Fsp3) is 0.240. The predicted octanol–water partition coefficient (Wildman–Crippen LogP) is 3.91. The van der Waals surface area contributed by atoms with Crippen molar-refractivity contribution >= 4 is 11.6 Å². The lowest BCUT2D eigenvalue weighted by molar-refractivity contribution is -0.121. The zero-order valence-corrected chi connectivity index (χ0v) is 17.7. The molecule has 3 aromatic carbocycles. The molecule has 3 heterocycles. The quantitative estimate of drug-likeness (QED) is 0.627. The van der Waals surface area contributed by atoms with Crippen molar-refractivity contribution in [3.63, 3.8) is 0 Å². The monoisotopic (exact) mass is 431 g/mol. The number of amides is 1. The number of carbonyl (C=O) groups excluding carboxylic acids is 1. The van der Waals surface area contributed by atoms with E-state index in [-0.39, 0.29) is 12.5 Å². The van der Waals surface area contributed by atoms with Crippen LogP contribution in [0.15, 0.2) is 54.6 Å². The summed E-state index contributed by atoms with van der Waals surface area (Å²) in [6.07, 6.45) is 0. The number of fused-ring (bicyclic) bond motifs is 5. The van der Waals surface area contributed by atoms with Gasteiger partial charge in [-0.1, -0.05) is 12.1 Å². The maximum atomic E-state index is 13.7. The summed E-state index contributed by atoms with van der Waals surface area (Å²) in [6.45, 7) is 1.13. The Morgan fingerprint density at radius 1 is 0.906 bits per heavy atom. The molecule has 0 radical (unpaired) electrons. The molecule has 3 aliphatic heterocycles. The lowest BCUT2D eigenvalue weighted by Gasteiger charge is -2.25. The van der Waals surface area contributed by atoms with Crippen molar-refractivity contribution < 1.29 is 28.5 Å². The van der Waals surface area contributed by atoms with E-state index in [9.17, 15) is 4.79 Å². The molecular formula is C25H21NO6. The van der Waals surface area contributed by atoms with Gasteiger partial charge >= 0.3 is 0 Å². The summed E-state index contributed by atoms with van der Waals surface area (Å²) < 4.78 is 29.2. The maximum Gasteiger partial charge on any atom is 0.245 e. The van der Waals surface area contributed by atoms with Crippen LogP contribution in [0.3, 0.4) is 0 Å². The Kier molecular flexibility index (Phi) is 4.02. The van der Waals surface area contributed by atoms with E-state index in [1.807, 2.05) is 54.6 Å². The van der Waals surface area contributed by atoms with Crippen LogP contribution in [-0.2, 0) is 10.2 Å². The van der Waals surface area contributed by atoms with Gasteiger partial charge in [-0.15, -0.1) is 0 Å². The number of rotatable bonds is 3. The number of hydrogen-bond donors (Lipinski definition) is 0. The van der Waals surface area contributed by atoms with E-state index in [1.165, 1.54) is 0 Å². The zero-order chi connectivity index (χ0) is 21.9. The molecule has 1 atom stereocenters. The molecule has 1 spiro atoms. The van der Waals surface area contributed by atoms with E-state index in [1.54, 1.807) is 19.1 Å². The number of methoxy groups -OCH3 is 1. The fourth-order valence-corrected chi connectivity index (χ4v) is 4.78. The number of carbonyl (C=O) groups is 1. The molecule has 0 fully saturated rings. The van der Waals surface area contributed by atoms with Gasteiger partial charge in [-0.25, -0.2) is 0 Å². The number of benzene rings is 3. The summed E-state index contributed by atoms with van der Waals surface area (Å²) in [5, 5.41) is 0. The summed E-state index contributed by atoms with van der Waals surface area (Å²) in [6, 6.07) is 16.8. The molecule has 7 heteroatoms. The van der Waals surface area contributed by atoms with Crippen LogP contribution in [0.5, 0.6) is 34.5 Å². The van der Waals surface area contributed by atoms with Gasteiger partial charge in [-0.05, 0) is 30.3 Å². The van der Waals surface area contributed by atoms with Crippen LogP contribution < -0.4 is 28.6 Å². The largest absolute Gasteiger partial charge is 0.497 e. The Bertz CT molecular complexity index is 1260. The highest BCUT2D eigenvalue weighted by molar-refractivity contribution is 6.12. The highest BCUT2D eigenvalue weighted by Crippen LogP contribution is 2.57. The maximum absolute atomic E-state index is 13.7. The minimum Gasteiger partial charge on any atom is -0.497 e. The van der Waals surface area contributed by atoms with Gasteiger partial charge in [0.25, 0.3) is 0 Å². The number of hydrogen-bond acceptors (Lipinski definition) is 6. The Labute approximate surface area is 185 Å². The van der Waals surface area contributed by atoms with Crippen LogP contribution in [0.1, 0.15) is 11.1 Å². The summed E-state index contributed by atoms with van der Waals surface area (Å²) in [5.74, 6) is 3.72. The number of ether oxygens (including phenoxy) is 5. The smallest absolute Gasteiger partial charge is 0.245 e. The molecule has 32 heavy (non-hydrogen) atoms. The second-order valence-electron chi connectivity index (χ2n) is 7.98. The first-order valence-electron chi connectivity index (χ1n) is 10.4. The van der Waals surface area contributed by atoms with Crippen LogP contribution in [0.25, 0.3) is 0 Å². The molecule has 0 aromatic heterocycles. The molecule has 1 amide bonds. The lowest BCUT2D eigenvalue weighted by atomic mass is 9.76. The van der Waals surface area contributed by atoms with Crippen molar-refractivity contribution in [2.24, 2.45) is 0 Å². The van der Waals surface area contributed by atoms with Crippen molar-refractivity contribution in [1.82, 2.24) is 0 Å². The van der Waals surface area contributed by atoms with Crippen LogP contribution in [0, 0.1) is 0 Å². The summed E-state index contributed by atoms with van der Waals surface area (Å²) in [4.78, 5) is 15.4. The van der Waals surface area contributed by atoms with Gasteiger partial charge in [0.1, 0.15) is 48.2 Å². The van der Waals surface area contributed by atoms with E-state index in [2.05, 4.69) is 0 Å². The lowest BCUT2D eigenvalue weighted by Crippen LogP contribution is -2.41. The minimum atomic E-state index is -1.02. The minimum absolute atomic E-state index is 0.0652. The Hall–Kier alpha value is -3.87. The summed E-state index contributed by atoms with van der Waals surface area (Å²) >= 11 is 0. The molecule has 0 bridgehead atoms. The average Bonchev–Trinajstić information content (AvgIpc) is 3.30. The van der Waals surface area contributed by atoms with E-state index in [0.717, 1.165) is 16.8 Å². The second-order valence-corrected chi connectivity index (χ2v) is 7.98. The molecule has 0 saturated heterocycles. The van der Waals surface area contributed by atoms with Gasteiger partial charge in [-0.2, -0.15) is 0 Å². The van der Waals surface area contributed by atoms with Crippen LogP contribution >= 0.6 is 0 Å². The van der Waals surface area contributed by atoms with Gasteiger partial charge in [-0.3, -0.25) is 4.79 Å². The number of likely N-dealkylation sites (N-methyl/N-ethyl adjacent to an activating group) is 1. The average molecular weight is 431 g/mol. The van der Waals surface area contributed by atoms with Crippen molar-refractivity contribution in [1.29, 1.82) is 0 Å². The van der Waals surface area contributed by atoms with Crippen LogP contribution in [-0.4, -0.2) is 39.9 Å². The third-order valence-corrected chi connectivity index (χ3v) is 6.28. The van der Waals surface area contributed by atoms with E-state index >= 15 is 0 Å². The van der Waals surface area contributed by atoms with Gasteiger partial charge in [0.05, 0.1) is 12.8 Å². The number of nitrogens with zero attached hydrogens (tertiary/aromatic N) is 1. The van der Waals surface area contributed by atoms with E-state index in [0.29, 0.717) is 47.7 Å². The van der Waals surface area contributed by atoms with Crippen molar-refractivity contribution in [2.75, 3.05) is 38.9 Å². The molecule has 162 valence electrons. The van der Waals surface area contributed by atoms with Crippen molar-refractivity contribution in [2.45, 2.75) is 5.41 Å². The van der Waals surface area contributed by atoms with Gasteiger partial charge in [0.2, 0.25) is 5.91 Å². The standard InChI is InChI=1S/C25H21NO6/c1-26-18-7-4-8-19(32-16-6-3-5-15(11-16)28-2)23(18)25(24(26)27)14-31-20-13-22-21(12-17(20)25)29-9-10-30-22/h3-8,11-13H,9-10,14H2,1-2H3. The third kappa shape index (κ3) is 2.51. The molecule has 1 unspecified atom stereocenters. The second kappa shape index (κ2) is 6.82. The molecule has 0 saturated carbocycles. The molecule has 3 aliphatic rings. The molecule has 0 N–H and O–H groups in total. The van der Waals surface area contributed by atoms with Gasteiger partial charge in [0, 0.05) is 30.3 Å². The summed E-state index contributed by atoms with van der Waals surface area (Å²) in [7, 11) is 3.39. The zero-order valence-electron chi connectivity index (χ0n) is 17.7. The first kappa shape index (κ1) is 18.9. The Morgan fingerprint density at radius 3 is 2.47 bits per heavy atom. The topological polar surface area (TPSA) is 66.5 Å². The van der Waals surface area contributed by atoms with Crippen LogP contribution in [0.2, 0.25) is 0 Å².